The minimum Gasteiger partial charge on any atom is -0.487 e. The second-order valence-electron chi connectivity index (χ2n) is 8.40. The lowest BCUT2D eigenvalue weighted by molar-refractivity contribution is -0.129. The molecule has 0 N–H and O–H groups in total. The van der Waals surface area contributed by atoms with Gasteiger partial charge in [0.2, 0.25) is 5.91 Å². The molecule has 0 radical (unpaired) electrons. The Morgan fingerprint density at radius 1 is 1.17 bits per heavy atom. The van der Waals surface area contributed by atoms with Gasteiger partial charge in [-0.25, -0.2) is 0 Å². The van der Waals surface area contributed by atoms with Gasteiger partial charge in [-0.15, -0.1) is 0 Å². The highest BCUT2D eigenvalue weighted by molar-refractivity contribution is 5.95. The molecule has 154 valence electrons. The molecule has 2 aromatic rings. The molecule has 4 rings (SSSR count). The Kier molecular flexibility index (Phi) is 5.11. The van der Waals surface area contributed by atoms with Crippen molar-refractivity contribution in [3.63, 3.8) is 0 Å². The van der Waals surface area contributed by atoms with E-state index in [4.69, 9.17) is 9.15 Å². The SMILES string of the molecule is Cc1occc1C(=O)N1CCC2(CC1)CC(CC(=O)N(C)C)c1ccccc1O2. The van der Waals surface area contributed by atoms with E-state index in [0.29, 0.717) is 30.8 Å². The van der Waals surface area contributed by atoms with E-state index in [0.717, 1.165) is 30.6 Å². The molecule has 0 saturated carbocycles. The average molecular weight is 396 g/mol. The van der Waals surface area contributed by atoms with E-state index in [1.807, 2.05) is 30.0 Å². The molecule has 2 aliphatic heterocycles. The van der Waals surface area contributed by atoms with Gasteiger partial charge in [-0.3, -0.25) is 9.59 Å². The molecular weight excluding hydrogens is 368 g/mol. The average Bonchev–Trinajstić information content (AvgIpc) is 3.14. The third-order valence-corrected chi connectivity index (χ3v) is 6.27. The molecular formula is C23H28N2O4. The fourth-order valence-corrected chi connectivity index (χ4v) is 4.52. The maximum atomic E-state index is 12.8. The number of carbonyl (C=O) groups is 2. The highest BCUT2D eigenvalue weighted by atomic mass is 16.5. The van der Waals surface area contributed by atoms with Gasteiger partial charge in [0, 0.05) is 52.4 Å². The number of furan rings is 1. The first-order valence-corrected chi connectivity index (χ1v) is 10.2. The highest BCUT2D eigenvalue weighted by Gasteiger charge is 2.44. The Hall–Kier alpha value is -2.76. The number of hydrogen-bond donors (Lipinski definition) is 0. The number of hydrogen-bond acceptors (Lipinski definition) is 4. The minimum absolute atomic E-state index is 0.0154. The van der Waals surface area contributed by atoms with Crippen molar-refractivity contribution in [1.82, 2.24) is 9.80 Å². The molecule has 1 unspecified atom stereocenters. The van der Waals surface area contributed by atoms with E-state index in [-0.39, 0.29) is 23.3 Å². The number of piperidine rings is 1. The number of carbonyl (C=O) groups excluding carboxylic acids is 2. The van der Waals surface area contributed by atoms with Gasteiger partial charge in [0.05, 0.1) is 11.8 Å². The summed E-state index contributed by atoms with van der Waals surface area (Å²) < 4.78 is 11.8. The van der Waals surface area contributed by atoms with Crippen molar-refractivity contribution in [2.45, 2.75) is 44.1 Å². The number of amides is 2. The lowest BCUT2D eigenvalue weighted by atomic mass is 9.76. The lowest BCUT2D eigenvalue weighted by Gasteiger charge is -2.47. The molecule has 1 fully saturated rings. The summed E-state index contributed by atoms with van der Waals surface area (Å²) >= 11 is 0. The highest BCUT2D eigenvalue weighted by Crippen LogP contribution is 2.46. The predicted octanol–water partition coefficient (Wildman–Crippen LogP) is 3.61. The quantitative estimate of drug-likeness (QED) is 0.795. The fourth-order valence-electron chi connectivity index (χ4n) is 4.52. The maximum Gasteiger partial charge on any atom is 0.257 e. The van der Waals surface area contributed by atoms with Crippen molar-refractivity contribution in [3.05, 3.63) is 53.5 Å². The summed E-state index contributed by atoms with van der Waals surface area (Å²) in [7, 11) is 3.59. The minimum atomic E-state index is -0.326. The van der Waals surface area contributed by atoms with Gasteiger partial charge in [0.15, 0.2) is 0 Å². The van der Waals surface area contributed by atoms with Crippen LogP contribution in [0.4, 0.5) is 0 Å². The molecule has 6 heteroatoms. The molecule has 2 aliphatic rings. The molecule has 6 nitrogen and oxygen atoms in total. The van der Waals surface area contributed by atoms with Crippen molar-refractivity contribution < 1.29 is 18.7 Å². The zero-order valence-corrected chi connectivity index (χ0v) is 17.3. The summed E-state index contributed by atoms with van der Waals surface area (Å²) in [5.74, 6) is 1.81. The normalized spacial score (nSPS) is 20.1. The van der Waals surface area contributed by atoms with E-state index in [1.165, 1.54) is 0 Å². The summed E-state index contributed by atoms with van der Waals surface area (Å²) in [6.07, 6.45) is 4.36. The Balaban J connectivity index is 1.51. The Morgan fingerprint density at radius 2 is 1.90 bits per heavy atom. The first-order chi connectivity index (χ1) is 13.9. The zero-order valence-electron chi connectivity index (χ0n) is 17.3. The second-order valence-corrected chi connectivity index (χ2v) is 8.40. The summed E-state index contributed by atoms with van der Waals surface area (Å²) in [5, 5.41) is 0. The van der Waals surface area contributed by atoms with Gasteiger partial charge >= 0.3 is 0 Å². The Labute approximate surface area is 171 Å². The van der Waals surface area contributed by atoms with Crippen LogP contribution in [-0.2, 0) is 4.79 Å². The number of rotatable bonds is 3. The van der Waals surface area contributed by atoms with Crippen molar-refractivity contribution in [2.75, 3.05) is 27.2 Å². The van der Waals surface area contributed by atoms with Crippen LogP contribution in [0.3, 0.4) is 0 Å². The molecule has 0 aliphatic carbocycles. The number of likely N-dealkylation sites (tertiary alicyclic amines) is 1. The van der Waals surface area contributed by atoms with Crippen LogP contribution in [0, 0.1) is 6.92 Å². The summed E-state index contributed by atoms with van der Waals surface area (Å²) in [4.78, 5) is 28.8. The molecule has 0 bridgehead atoms. The smallest absolute Gasteiger partial charge is 0.257 e. The van der Waals surface area contributed by atoms with Gasteiger partial charge in [0.1, 0.15) is 17.1 Å². The monoisotopic (exact) mass is 396 g/mol. The van der Waals surface area contributed by atoms with E-state index in [1.54, 1.807) is 31.3 Å². The summed E-state index contributed by atoms with van der Waals surface area (Å²) in [6, 6.07) is 9.77. The molecule has 3 heterocycles. The molecule has 1 saturated heterocycles. The molecule has 1 aromatic heterocycles. The van der Waals surface area contributed by atoms with E-state index >= 15 is 0 Å². The lowest BCUT2D eigenvalue weighted by Crippen LogP contribution is -2.52. The van der Waals surface area contributed by atoms with Gasteiger partial charge in [-0.05, 0) is 31.0 Å². The standard InChI is InChI=1S/C23H28N2O4/c1-16-18(8-13-28-16)22(27)25-11-9-23(10-12-25)15-17(14-21(26)24(2)3)19-6-4-5-7-20(19)29-23/h4-8,13,17H,9-12,14-15H2,1-3H3. The fraction of sp³-hybridized carbons (Fsp3) is 0.478. The van der Waals surface area contributed by atoms with Crippen molar-refractivity contribution in [1.29, 1.82) is 0 Å². The molecule has 2 amide bonds. The van der Waals surface area contributed by atoms with Crippen LogP contribution in [0.5, 0.6) is 5.75 Å². The number of benzene rings is 1. The number of aryl methyl sites for hydroxylation is 1. The van der Waals surface area contributed by atoms with E-state index < -0.39 is 0 Å². The number of fused-ring (bicyclic) bond motifs is 1. The summed E-state index contributed by atoms with van der Waals surface area (Å²) in [6.45, 7) is 3.09. The van der Waals surface area contributed by atoms with Gasteiger partial charge in [-0.1, -0.05) is 18.2 Å². The summed E-state index contributed by atoms with van der Waals surface area (Å²) in [5.41, 5.74) is 1.42. The second kappa shape index (κ2) is 7.58. The van der Waals surface area contributed by atoms with Gasteiger partial charge in [-0.2, -0.15) is 0 Å². The third-order valence-electron chi connectivity index (χ3n) is 6.27. The van der Waals surface area contributed by atoms with Crippen molar-refractivity contribution in [3.8, 4) is 5.75 Å². The third kappa shape index (κ3) is 3.76. The largest absolute Gasteiger partial charge is 0.487 e. The first-order valence-electron chi connectivity index (χ1n) is 10.2. The molecule has 29 heavy (non-hydrogen) atoms. The van der Waals surface area contributed by atoms with Crippen LogP contribution in [-0.4, -0.2) is 54.4 Å². The van der Waals surface area contributed by atoms with Gasteiger partial charge < -0.3 is 19.0 Å². The Morgan fingerprint density at radius 3 is 2.55 bits per heavy atom. The number of para-hydroxylation sites is 1. The van der Waals surface area contributed by atoms with Crippen molar-refractivity contribution in [2.24, 2.45) is 0 Å². The van der Waals surface area contributed by atoms with Crippen LogP contribution < -0.4 is 4.74 Å². The topological polar surface area (TPSA) is 63.0 Å². The van der Waals surface area contributed by atoms with E-state index in [9.17, 15) is 9.59 Å². The molecule has 1 atom stereocenters. The molecule has 1 aromatic carbocycles. The zero-order chi connectivity index (χ0) is 20.6. The number of ether oxygens (including phenoxy) is 1. The predicted molar refractivity (Wildman–Crippen MR) is 109 cm³/mol. The maximum absolute atomic E-state index is 12.8. The number of nitrogens with zero attached hydrogens (tertiary/aromatic N) is 2. The van der Waals surface area contributed by atoms with Crippen LogP contribution in [0.25, 0.3) is 0 Å². The van der Waals surface area contributed by atoms with Crippen LogP contribution >= 0.6 is 0 Å². The van der Waals surface area contributed by atoms with E-state index in [2.05, 4.69) is 6.07 Å². The van der Waals surface area contributed by atoms with Gasteiger partial charge in [0.25, 0.3) is 5.91 Å². The Bertz CT molecular complexity index is 909. The van der Waals surface area contributed by atoms with Crippen LogP contribution in [0.2, 0.25) is 0 Å². The van der Waals surface area contributed by atoms with Crippen LogP contribution in [0.1, 0.15) is 53.3 Å². The first kappa shape index (κ1) is 19.6. The molecule has 1 spiro atoms. The van der Waals surface area contributed by atoms with Crippen LogP contribution in [0.15, 0.2) is 41.0 Å². The van der Waals surface area contributed by atoms with Crippen molar-refractivity contribution >= 4 is 11.8 Å².